The number of nitrogens with two attached hydrogens (primary N) is 1. The van der Waals surface area contributed by atoms with Crippen LogP contribution in [-0.4, -0.2) is 26.1 Å². The summed E-state index contributed by atoms with van der Waals surface area (Å²) in [7, 11) is 0. The summed E-state index contributed by atoms with van der Waals surface area (Å²) < 4.78 is 30.2. The van der Waals surface area contributed by atoms with Gasteiger partial charge >= 0.3 is 0 Å². The molecule has 3 heterocycles. The standard InChI is InChI=1S/C15H11F2N5S/c1-23-15-11(9-6-19-20-14(9)12(16)13(15)17)7-2-3-22-8(4-7)5-10(18)21-22/h2-6H,1H3,(H2,18,21)(H,19,20). The molecular formula is C15H11F2N5S. The van der Waals surface area contributed by atoms with E-state index in [-0.39, 0.29) is 10.4 Å². The molecule has 0 atom stereocenters. The highest BCUT2D eigenvalue weighted by molar-refractivity contribution is 7.98. The molecule has 1 aromatic carbocycles. The van der Waals surface area contributed by atoms with Crippen molar-refractivity contribution in [2.75, 3.05) is 12.0 Å². The lowest BCUT2D eigenvalue weighted by molar-refractivity contribution is 0.499. The molecule has 0 aliphatic heterocycles. The van der Waals surface area contributed by atoms with Crippen LogP contribution in [0.1, 0.15) is 0 Å². The van der Waals surface area contributed by atoms with E-state index in [1.807, 2.05) is 6.07 Å². The molecule has 4 rings (SSSR count). The van der Waals surface area contributed by atoms with Crippen LogP contribution in [0.15, 0.2) is 35.5 Å². The number of pyridine rings is 1. The SMILES string of the molecule is CSc1c(F)c(F)c2[nH]ncc2c1-c1ccn2nc(N)cc2c1. The van der Waals surface area contributed by atoms with Gasteiger partial charge in [-0.15, -0.1) is 11.8 Å². The lowest BCUT2D eigenvalue weighted by atomic mass is 10.0. The summed E-state index contributed by atoms with van der Waals surface area (Å²) in [5, 5.41) is 11.0. The Morgan fingerprint density at radius 2 is 2.09 bits per heavy atom. The molecule has 8 heteroatoms. The minimum Gasteiger partial charge on any atom is -0.382 e. The van der Waals surface area contributed by atoms with Gasteiger partial charge in [-0.2, -0.15) is 10.2 Å². The Morgan fingerprint density at radius 1 is 1.26 bits per heavy atom. The normalized spacial score (nSPS) is 11.6. The molecule has 0 saturated carbocycles. The molecule has 0 bridgehead atoms. The van der Waals surface area contributed by atoms with E-state index in [0.717, 1.165) is 22.8 Å². The highest BCUT2D eigenvalue weighted by atomic mass is 32.2. The number of nitrogens with one attached hydrogen (secondary N) is 1. The van der Waals surface area contributed by atoms with Gasteiger partial charge in [0.05, 0.1) is 16.6 Å². The molecular weight excluding hydrogens is 320 g/mol. The van der Waals surface area contributed by atoms with Crippen molar-refractivity contribution in [3.8, 4) is 11.1 Å². The molecule has 5 nitrogen and oxygen atoms in total. The maximum absolute atomic E-state index is 14.4. The van der Waals surface area contributed by atoms with E-state index < -0.39 is 11.6 Å². The largest absolute Gasteiger partial charge is 0.382 e. The highest BCUT2D eigenvalue weighted by Gasteiger charge is 2.22. The molecule has 4 aromatic rings. The maximum Gasteiger partial charge on any atom is 0.185 e. The van der Waals surface area contributed by atoms with Crippen LogP contribution in [0.5, 0.6) is 0 Å². The van der Waals surface area contributed by atoms with Crippen molar-refractivity contribution < 1.29 is 8.78 Å². The summed E-state index contributed by atoms with van der Waals surface area (Å²) in [4.78, 5) is 0.244. The van der Waals surface area contributed by atoms with E-state index in [0.29, 0.717) is 16.8 Å². The third-order valence-corrected chi connectivity index (χ3v) is 4.51. The monoisotopic (exact) mass is 331 g/mol. The molecule has 0 saturated heterocycles. The summed E-state index contributed by atoms with van der Waals surface area (Å²) in [6.07, 6.45) is 4.95. The Bertz CT molecular complexity index is 1050. The fourth-order valence-electron chi connectivity index (χ4n) is 2.73. The fraction of sp³-hybridized carbons (Fsp3) is 0.0667. The number of rotatable bonds is 2. The number of hydrogen-bond acceptors (Lipinski definition) is 4. The van der Waals surface area contributed by atoms with Gasteiger partial charge in [0.1, 0.15) is 11.3 Å². The van der Waals surface area contributed by atoms with Crippen molar-refractivity contribution in [3.63, 3.8) is 0 Å². The third kappa shape index (κ3) is 1.98. The first-order valence-corrected chi connectivity index (χ1v) is 7.96. The third-order valence-electron chi connectivity index (χ3n) is 3.72. The van der Waals surface area contributed by atoms with E-state index in [4.69, 9.17) is 5.73 Å². The molecule has 0 fully saturated rings. The van der Waals surface area contributed by atoms with Gasteiger partial charge in [-0.3, -0.25) is 5.10 Å². The molecule has 3 aromatic heterocycles. The van der Waals surface area contributed by atoms with Crippen LogP contribution in [0.25, 0.3) is 27.5 Å². The summed E-state index contributed by atoms with van der Waals surface area (Å²) in [5.74, 6) is -1.40. The Kier molecular flexibility index (Phi) is 3.02. The predicted octanol–water partition coefficient (Wildman–Crippen LogP) is 3.46. The van der Waals surface area contributed by atoms with Gasteiger partial charge in [0.15, 0.2) is 11.6 Å². The Labute approximate surface area is 133 Å². The number of aromatic amines is 1. The van der Waals surface area contributed by atoms with E-state index in [1.54, 1.807) is 29.1 Å². The molecule has 23 heavy (non-hydrogen) atoms. The number of benzene rings is 1. The van der Waals surface area contributed by atoms with Crippen LogP contribution in [0.3, 0.4) is 0 Å². The van der Waals surface area contributed by atoms with Crippen LogP contribution in [0.4, 0.5) is 14.6 Å². The topological polar surface area (TPSA) is 72.0 Å². The summed E-state index contributed by atoms with van der Waals surface area (Å²) in [6, 6.07) is 5.34. The van der Waals surface area contributed by atoms with Crippen LogP contribution in [-0.2, 0) is 0 Å². The fourth-order valence-corrected chi connectivity index (χ4v) is 3.43. The summed E-state index contributed by atoms with van der Waals surface area (Å²) >= 11 is 1.16. The van der Waals surface area contributed by atoms with Crippen molar-refractivity contribution in [1.82, 2.24) is 19.8 Å². The minimum atomic E-state index is -0.916. The highest BCUT2D eigenvalue weighted by Crippen LogP contribution is 2.40. The van der Waals surface area contributed by atoms with E-state index in [9.17, 15) is 8.78 Å². The number of halogens is 2. The number of nitrogen functional groups attached to an aromatic ring is 1. The van der Waals surface area contributed by atoms with Crippen LogP contribution in [0, 0.1) is 11.6 Å². The number of hydrogen-bond donors (Lipinski definition) is 2. The van der Waals surface area contributed by atoms with Gasteiger partial charge in [0.25, 0.3) is 0 Å². The molecule has 0 amide bonds. The molecule has 0 aliphatic carbocycles. The molecule has 0 unspecified atom stereocenters. The van der Waals surface area contributed by atoms with E-state index in [1.165, 1.54) is 6.20 Å². The maximum atomic E-state index is 14.4. The van der Waals surface area contributed by atoms with Crippen molar-refractivity contribution in [2.24, 2.45) is 0 Å². The van der Waals surface area contributed by atoms with Gasteiger partial charge in [-0.25, -0.2) is 13.3 Å². The van der Waals surface area contributed by atoms with Crippen molar-refractivity contribution >= 4 is 34.0 Å². The first kappa shape index (κ1) is 14.0. The van der Waals surface area contributed by atoms with E-state index in [2.05, 4.69) is 15.3 Å². The first-order chi connectivity index (χ1) is 11.1. The van der Waals surface area contributed by atoms with Gasteiger partial charge < -0.3 is 5.73 Å². The van der Waals surface area contributed by atoms with Gasteiger partial charge in [-0.1, -0.05) is 0 Å². The predicted molar refractivity (Wildman–Crippen MR) is 86.4 cm³/mol. The van der Waals surface area contributed by atoms with Crippen LogP contribution in [0.2, 0.25) is 0 Å². The van der Waals surface area contributed by atoms with Crippen LogP contribution >= 0.6 is 11.8 Å². The zero-order valence-electron chi connectivity index (χ0n) is 12.0. The average Bonchev–Trinajstić information content (AvgIpc) is 3.15. The molecule has 3 N–H and O–H groups in total. The number of H-pyrrole nitrogens is 1. The number of fused-ring (bicyclic) bond motifs is 2. The average molecular weight is 331 g/mol. The zero-order chi connectivity index (χ0) is 16.1. The van der Waals surface area contributed by atoms with Crippen LogP contribution < -0.4 is 5.73 Å². The Morgan fingerprint density at radius 3 is 2.87 bits per heavy atom. The molecule has 0 radical (unpaired) electrons. The van der Waals surface area contributed by atoms with Gasteiger partial charge in [-0.05, 0) is 24.0 Å². The summed E-state index contributed by atoms with van der Waals surface area (Å²) in [6.45, 7) is 0. The van der Waals surface area contributed by atoms with Gasteiger partial charge in [0, 0.05) is 23.2 Å². The first-order valence-electron chi connectivity index (χ1n) is 6.73. The molecule has 0 spiro atoms. The molecule has 116 valence electrons. The number of aromatic nitrogens is 4. The van der Waals surface area contributed by atoms with Crippen molar-refractivity contribution in [2.45, 2.75) is 4.90 Å². The Balaban J connectivity index is 2.09. The Hall–Kier alpha value is -2.61. The van der Waals surface area contributed by atoms with Crippen molar-refractivity contribution in [3.05, 3.63) is 42.2 Å². The lowest BCUT2D eigenvalue weighted by Gasteiger charge is -2.12. The number of thioether (sulfide) groups is 1. The second kappa shape index (κ2) is 4.95. The summed E-state index contributed by atoms with van der Waals surface area (Å²) in [5.41, 5.74) is 7.87. The zero-order valence-corrected chi connectivity index (χ0v) is 12.8. The van der Waals surface area contributed by atoms with E-state index >= 15 is 0 Å². The van der Waals surface area contributed by atoms with Crippen molar-refractivity contribution in [1.29, 1.82) is 0 Å². The molecule has 0 aliphatic rings. The smallest absolute Gasteiger partial charge is 0.185 e. The quantitative estimate of drug-likeness (QED) is 0.552. The minimum absolute atomic E-state index is 0.0585. The number of nitrogens with zero attached hydrogens (tertiary/aromatic N) is 3. The number of anilines is 1. The second-order valence-corrected chi connectivity index (χ2v) is 5.87. The second-order valence-electron chi connectivity index (χ2n) is 5.05. The lowest BCUT2D eigenvalue weighted by Crippen LogP contribution is -1.96. The van der Waals surface area contributed by atoms with Gasteiger partial charge in [0.2, 0.25) is 0 Å².